The molecule has 4 rings (SSSR count). The van der Waals surface area contributed by atoms with Crippen molar-refractivity contribution in [1.82, 2.24) is 9.80 Å². The maximum atomic E-state index is 13.5. The first kappa shape index (κ1) is 19.4. The number of amides is 2. The Morgan fingerprint density at radius 2 is 1.38 bits per heavy atom. The van der Waals surface area contributed by atoms with Gasteiger partial charge in [-0.15, -0.1) is 0 Å². The van der Waals surface area contributed by atoms with E-state index in [1.807, 2.05) is 70.5 Å². The Bertz CT molecular complexity index is 815. The average molecular weight is 389 g/mol. The van der Waals surface area contributed by atoms with Crippen molar-refractivity contribution >= 4 is 11.8 Å². The first-order valence-electron chi connectivity index (χ1n) is 10.6. The SMILES string of the molecule is O=C(CC1C=CCC1)N1CCN(C(=O)C(c2ccccc2)c2ccccc2)CC1. The van der Waals surface area contributed by atoms with Gasteiger partial charge in [-0.2, -0.15) is 0 Å². The summed E-state index contributed by atoms with van der Waals surface area (Å²) in [6.45, 7) is 2.44. The smallest absolute Gasteiger partial charge is 0.234 e. The van der Waals surface area contributed by atoms with Crippen molar-refractivity contribution in [3.8, 4) is 0 Å². The number of carbonyl (C=O) groups excluding carboxylic acids is 2. The van der Waals surface area contributed by atoms with E-state index in [1.54, 1.807) is 0 Å². The molecular weight excluding hydrogens is 360 g/mol. The average Bonchev–Trinajstić information content (AvgIpc) is 3.28. The van der Waals surface area contributed by atoms with Crippen LogP contribution in [0.5, 0.6) is 0 Å². The largest absolute Gasteiger partial charge is 0.339 e. The van der Waals surface area contributed by atoms with Crippen molar-refractivity contribution in [1.29, 1.82) is 0 Å². The van der Waals surface area contributed by atoms with Crippen LogP contribution < -0.4 is 0 Å². The third-order valence-electron chi connectivity index (χ3n) is 6.01. The number of nitrogens with zero attached hydrogens (tertiary/aromatic N) is 2. The highest BCUT2D eigenvalue weighted by atomic mass is 16.2. The predicted octanol–water partition coefficient (Wildman–Crippen LogP) is 3.85. The van der Waals surface area contributed by atoms with Crippen LogP contribution in [0.1, 0.15) is 36.3 Å². The van der Waals surface area contributed by atoms with Crippen molar-refractivity contribution in [3.63, 3.8) is 0 Å². The van der Waals surface area contributed by atoms with Crippen LogP contribution in [0.4, 0.5) is 0 Å². The molecule has 1 atom stereocenters. The van der Waals surface area contributed by atoms with Crippen LogP contribution in [-0.2, 0) is 9.59 Å². The molecule has 2 amide bonds. The van der Waals surface area contributed by atoms with E-state index in [-0.39, 0.29) is 17.7 Å². The van der Waals surface area contributed by atoms with Gasteiger partial charge in [0, 0.05) is 32.6 Å². The maximum Gasteiger partial charge on any atom is 0.234 e. The van der Waals surface area contributed by atoms with Gasteiger partial charge >= 0.3 is 0 Å². The standard InChI is InChI=1S/C25H28N2O2/c28-23(19-20-9-7-8-10-20)26-15-17-27(18-16-26)25(29)24(21-11-3-1-4-12-21)22-13-5-2-6-14-22/h1-7,9,11-14,20,24H,8,10,15-19H2. The Morgan fingerprint density at radius 3 is 1.90 bits per heavy atom. The second-order valence-electron chi connectivity index (χ2n) is 7.93. The molecule has 150 valence electrons. The van der Waals surface area contributed by atoms with Crippen molar-refractivity contribution in [2.75, 3.05) is 26.2 Å². The lowest BCUT2D eigenvalue weighted by molar-refractivity contribution is -0.140. The molecule has 0 spiro atoms. The van der Waals surface area contributed by atoms with Gasteiger partial charge in [0.2, 0.25) is 11.8 Å². The summed E-state index contributed by atoms with van der Waals surface area (Å²) in [5.41, 5.74) is 2.02. The summed E-state index contributed by atoms with van der Waals surface area (Å²) in [4.78, 5) is 29.9. The Labute approximate surface area is 172 Å². The molecule has 1 unspecified atom stereocenters. The molecular formula is C25H28N2O2. The van der Waals surface area contributed by atoms with Crippen molar-refractivity contribution in [2.24, 2.45) is 5.92 Å². The van der Waals surface area contributed by atoms with E-state index in [1.165, 1.54) is 0 Å². The summed E-state index contributed by atoms with van der Waals surface area (Å²) in [5.74, 6) is 0.426. The molecule has 2 aromatic rings. The van der Waals surface area contributed by atoms with Crippen LogP contribution in [0.2, 0.25) is 0 Å². The van der Waals surface area contributed by atoms with Gasteiger partial charge in [0.1, 0.15) is 0 Å². The molecule has 4 nitrogen and oxygen atoms in total. The highest BCUT2D eigenvalue weighted by molar-refractivity contribution is 5.87. The van der Waals surface area contributed by atoms with Crippen LogP contribution in [-0.4, -0.2) is 47.8 Å². The summed E-state index contributed by atoms with van der Waals surface area (Å²) in [7, 11) is 0. The number of rotatable bonds is 5. The van der Waals surface area contributed by atoms with Crippen LogP contribution >= 0.6 is 0 Å². The molecule has 1 saturated heterocycles. The lowest BCUT2D eigenvalue weighted by Crippen LogP contribution is -2.51. The third-order valence-corrected chi connectivity index (χ3v) is 6.01. The second-order valence-corrected chi connectivity index (χ2v) is 7.93. The molecule has 1 aliphatic carbocycles. The number of hydrogen-bond donors (Lipinski definition) is 0. The second kappa shape index (κ2) is 9.08. The molecule has 4 heteroatoms. The molecule has 1 fully saturated rings. The third kappa shape index (κ3) is 4.58. The Kier molecular flexibility index (Phi) is 6.09. The van der Waals surface area contributed by atoms with Crippen LogP contribution in [0.3, 0.4) is 0 Å². The Hall–Kier alpha value is -2.88. The summed E-state index contributed by atoms with van der Waals surface area (Å²) in [6, 6.07) is 19.9. The molecule has 2 aromatic carbocycles. The fourth-order valence-corrected chi connectivity index (χ4v) is 4.35. The minimum absolute atomic E-state index is 0.119. The number of benzene rings is 2. The van der Waals surface area contributed by atoms with Crippen LogP contribution in [0, 0.1) is 5.92 Å². The number of allylic oxidation sites excluding steroid dienone is 2. The lowest BCUT2D eigenvalue weighted by Gasteiger charge is -2.37. The maximum absolute atomic E-state index is 13.5. The highest BCUT2D eigenvalue weighted by Gasteiger charge is 2.31. The van der Waals surface area contributed by atoms with Gasteiger partial charge < -0.3 is 9.80 Å². The summed E-state index contributed by atoms with van der Waals surface area (Å²) in [6.07, 6.45) is 7.10. The van der Waals surface area contributed by atoms with Gasteiger partial charge in [-0.05, 0) is 29.9 Å². The number of piperazine rings is 1. The molecule has 2 aliphatic rings. The van der Waals surface area contributed by atoms with E-state index in [2.05, 4.69) is 12.2 Å². The van der Waals surface area contributed by atoms with E-state index in [4.69, 9.17) is 0 Å². The quantitative estimate of drug-likeness (QED) is 0.730. The normalized spacial score (nSPS) is 19.0. The van der Waals surface area contributed by atoms with E-state index in [9.17, 15) is 9.59 Å². The Balaban J connectivity index is 1.43. The molecule has 0 saturated carbocycles. The van der Waals surface area contributed by atoms with Gasteiger partial charge in [0.05, 0.1) is 5.92 Å². The first-order valence-corrected chi connectivity index (χ1v) is 10.6. The molecule has 1 aliphatic heterocycles. The van der Waals surface area contributed by atoms with Gasteiger partial charge in [-0.25, -0.2) is 0 Å². The first-order chi connectivity index (χ1) is 14.2. The van der Waals surface area contributed by atoms with Crippen LogP contribution in [0.15, 0.2) is 72.8 Å². The fourth-order valence-electron chi connectivity index (χ4n) is 4.35. The van der Waals surface area contributed by atoms with E-state index in [0.717, 1.165) is 24.0 Å². The monoisotopic (exact) mass is 388 g/mol. The molecule has 0 bridgehead atoms. The zero-order chi connectivity index (χ0) is 20.1. The summed E-state index contributed by atoms with van der Waals surface area (Å²) >= 11 is 0. The van der Waals surface area contributed by atoms with Gasteiger partial charge in [-0.3, -0.25) is 9.59 Å². The van der Waals surface area contributed by atoms with E-state index < -0.39 is 0 Å². The summed E-state index contributed by atoms with van der Waals surface area (Å²) < 4.78 is 0. The van der Waals surface area contributed by atoms with Gasteiger partial charge in [0.15, 0.2) is 0 Å². The van der Waals surface area contributed by atoms with E-state index >= 15 is 0 Å². The number of carbonyl (C=O) groups is 2. The topological polar surface area (TPSA) is 40.6 Å². The molecule has 0 N–H and O–H groups in total. The van der Waals surface area contributed by atoms with Gasteiger partial charge in [0.25, 0.3) is 0 Å². The highest BCUT2D eigenvalue weighted by Crippen LogP contribution is 2.28. The minimum Gasteiger partial charge on any atom is -0.339 e. The van der Waals surface area contributed by atoms with Crippen molar-refractivity contribution < 1.29 is 9.59 Å². The molecule has 0 radical (unpaired) electrons. The van der Waals surface area contributed by atoms with Crippen LogP contribution in [0.25, 0.3) is 0 Å². The van der Waals surface area contributed by atoms with Crippen molar-refractivity contribution in [2.45, 2.75) is 25.2 Å². The van der Waals surface area contributed by atoms with Gasteiger partial charge in [-0.1, -0.05) is 72.8 Å². The zero-order valence-corrected chi connectivity index (χ0v) is 16.7. The predicted molar refractivity (Wildman–Crippen MR) is 114 cm³/mol. The number of hydrogen-bond acceptors (Lipinski definition) is 2. The Morgan fingerprint density at radius 1 is 0.828 bits per heavy atom. The minimum atomic E-state index is -0.303. The fraction of sp³-hybridized carbons (Fsp3) is 0.360. The summed E-state index contributed by atoms with van der Waals surface area (Å²) in [5, 5.41) is 0. The molecule has 0 aromatic heterocycles. The molecule has 1 heterocycles. The van der Waals surface area contributed by atoms with Crippen molar-refractivity contribution in [3.05, 3.63) is 83.9 Å². The zero-order valence-electron chi connectivity index (χ0n) is 16.7. The molecule has 29 heavy (non-hydrogen) atoms. The van der Waals surface area contributed by atoms with E-state index in [0.29, 0.717) is 38.5 Å². The lowest BCUT2D eigenvalue weighted by atomic mass is 9.90.